The number of esters is 1. The lowest BCUT2D eigenvalue weighted by Gasteiger charge is -2.14. The van der Waals surface area contributed by atoms with Gasteiger partial charge in [-0.3, -0.25) is 19.3 Å². The Morgan fingerprint density at radius 3 is 2.25 bits per heavy atom. The summed E-state index contributed by atoms with van der Waals surface area (Å²) in [6, 6.07) is 2.33. The smallest absolute Gasteiger partial charge is 0.325 e. The Morgan fingerprint density at radius 2 is 1.75 bits per heavy atom. The van der Waals surface area contributed by atoms with E-state index in [2.05, 4.69) is 10.6 Å². The molecule has 4 amide bonds. The average molecular weight is 395 g/mol. The number of imide groups is 1. The van der Waals surface area contributed by atoms with Crippen LogP contribution in [0.25, 0.3) is 0 Å². The number of urea groups is 1. The van der Waals surface area contributed by atoms with Gasteiger partial charge in [0, 0.05) is 18.7 Å². The maximum Gasteiger partial charge on any atom is 0.325 e. The predicted octanol–water partition coefficient (Wildman–Crippen LogP) is -0.463. The van der Waals surface area contributed by atoms with Crippen molar-refractivity contribution in [2.24, 2.45) is 0 Å². The van der Waals surface area contributed by atoms with E-state index in [-0.39, 0.29) is 23.6 Å². The fourth-order valence-corrected chi connectivity index (χ4v) is 2.45. The van der Waals surface area contributed by atoms with Crippen molar-refractivity contribution in [3.05, 3.63) is 17.7 Å². The summed E-state index contributed by atoms with van der Waals surface area (Å²) in [7, 11) is 4.26. The third-order valence-corrected chi connectivity index (χ3v) is 3.83. The Bertz CT molecular complexity index is 755. The second-order valence-electron chi connectivity index (χ2n) is 5.53. The molecule has 2 rings (SSSR count). The lowest BCUT2D eigenvalue weighted by molar-refractivity contribution is -0.149. The first-order chi connectivity index (χ1) is 13.4. The van der Waals surface area contributed by atoms with Crippen LogP contribution >= 0.6 is 0 Å². The fourth-order valence-electron chi connectivity index (χ4n) is 2.45. The minimum atomic E-state index is -0.825. The summed E-state index contributed by atoms with van der Waals surface area (Å²) in [4.78, 5) is 48.1. The Balaban J connectivity index is 1.90. The third-order valence-electron chi connectivity index (χ3n) is 3.83. The van der Waals surface area contributed by atoms with Gasteiger partial charge >= 0.3 is 12.0 Å². The van der Waals surface area contributed by atoms with E-state index in [1.165, 1.54) is 33.5 Å². The van der Waals surface area contributed by atoms with E-state index in [4.69, 9.17) is 18.9 Å². The zero-order valence-corrected chi connectivity index (χ0v) is 15.7. The summed E-state index contributed by atoms with van der Waals surface area (Å²) in [6.07, 6.45) is 0. The lowest BCUT2D eigenvalue weighted by atomic mass is 10.1. The molecule has 0 radical (unpaired) electrons. The van der Waals surface area contributed by atoms with Crippen LogP contribution in [0.3, 0.4) is 0 Å². The summed E-state index contributed by atoms with van der Waals surface area (Å²) < 4.78 is 20.3. The molecule has 0 atom stereocenters. The monoisotopic (exact) mass is 395 g/mol. The van der Waals surface area contributed by atoms with Crippen LogP contribution in [0.1, 0.15) is 10.4 Å². The number of benzene rings is 1. The largest absolute Gasteiger partial charge is 0.493 e. The Kier molecular flexibility index (Phi) is 7.02. The molecule has 1 aliphatic heterocycles. The van der Waals surface area contributed by atoms with Crippen molar-refractivity contribution in [3.63, 3.8) is 0 Å². The number of rotatable bonds is 8. The summed E-state index contributed by atoms with van der Waals surface area (Å²) in [5, 5.41) is 4.83. The number of carbonyl (C=O) groups excluding carboxylic acids is 4. The van der Waals surface area contributed by atoms with Crippen molar-refractivity contribution >= 4 is 23.8 Å². The molecule has 0 aliphatic carbocycles. The molecule has 11 heteroatoms. The standard InChI is InChI=1S/C17H21N3O8/c1-25-11-6-10(7-12(26-2)15(11)27-3)16(23)19-8-14(22)28-9-13(21)20-5-4-18-17(20)24/h6-7H,4-5,8-9H2,1-3H3,(H,18,24)(H,19,23). The molecule has 1 aromatic carbocycles. The zero-order valence-electron chi connectivity index (χ0n) is 15.7. The first-order valence-electron chi connectivity index (χ1n) is 8.23. The van der Waals surface area contributed by atoms with Gasteiger partial charge in [-0.05, 0) is 12.1 Å². The number of carbonyl (C=O) groups is 4. The van der Waals surface area contributed by atoms with Gasteiger partial charge in [-0.2, -0.15) is 0 Å². The molecule has 1 fully saturated rings. The summed E-state index contributed by atoms with van der Waals surface area (Å²) >= 11 is 0. The Hall–Kier alpha value is -3.50. The van der Waals surface area contributed by atoms with E-state index in [1.807, 2.05) is 0 Å². The third kappa shape index (κ3) is 4.81. The Labute approximate surface area is 160 Å². The van der Waals surface area contributed by atoms with Gasteiger partial charge in [-0.15, -0.1) is 0 Å². The first kappa shape index (κ1) is 20.8. The maximum atomic E-state index is 12.3. The molecule has 0 bridgehead atoms. The molecule has 0 aromatic heterocycles. The molecule has 28 heavy (non-hydrogen) atoms. The summed E-state index contributed by atoms with van der Waals surface area (Å²) in [5.41, 5.74) is 0.173. The molecule has 152 valence electrons. The molecular weight excluding hydrogens is 374 g/mol. The van der Waals surface area contributed by atoms with Gasteiger partial charge in [-0.1, -0.05) is 0 Å². The normalized spacial score (nSPS) is 12.8. The number of ether oxygens (including phenoxy) is 4. The molecule has 0 spiro atoms. The summed E-state index contributed by atoms with van der Waals surface area (Å²) in [6.45, 7) is -0.488. The number of hydrogen-bond acceptors (Lipinski definition) is 8. The molecule has 1 aliphatic rings. The van der Waals surface area contributed by atoms with Crippen molar-refractivity contribution < 1.29 is 38.1 Å². The van der Waals surface area contributed by atoms with Gasteiger partial charge in [0.05, 0.1) is 21.3 Å². The summed E-state index contributed by atoms with van der Waals surface area (Å²) in [5.74, 6) is -1.16. The van der Waals surface area contributed by atoms with E-state index in [9.17, 15) is 19.2 Å². The van der Waals surface area contributed by atoms with Gasteiger partial charge in [0.1, 0.15) is 6.54 Å². The lowest BCUT2D eigenvalue weighted by Crippen LogP contribution is -2.38. The number of hydrogen-bond donors (Lipinski definition) is 2. The fraction of sp³-hybridized carbons (Fsp3) is 0.412. The van der Waals surface area contributed by atoms with E-state index in [0.29, 0.717) is 12.3 Å². The van der Waals surface area contributed by atoms with Gasteiger partial charge < -0.3 is 29.6 Å². The number of methoxy groups -OCH3 is 3. The predicted molar refractivity (Wildman–Crippen MR) is 94.5 cm³/mol. The van der Waals surface area contributed by atoms with Crippen molar-refractivity contribution in [1.29, 1.82) is 0 Å². The molecule has 2 N–H and O–H groups in total. The van der Waals surface area contributed by atoms with Crippen LogP contribution in [-0.4, -0.2) is 76.3 Å². The van der Waals surface area contributed by atoms with Gasteiger partial charge in [0.2, 0.25) is 5.75 Å². The van der Waals surface area contributed by atoms with Crippen molar-refractivity contribution in [2.45, 2.75) is 0 Å². The van der Waals surface area contributed by atoms with E-state index < -0.39 is 37.0 Å². The quantitative estimate of drug-likeness (QED) is 0.565. The maximum absolute atomic E-state index is 12.3. The molecule has 1 heterocycles. The number of nitrogens with zero attached hydrogens (tertiary/aromatic N) is 1. The number of nitrogens with one attached hydrogen (secondary N) is 2. The van der Waals surface area contributed by atoms with Crippen molar-refractivity contribution in [3.8, 4) is 17.2 Å². The van der Waals surface area contributed by atoms with E-state index in [1.54, 1.807) is 0 Å². The highest BCUT2D eigenvalue weighted by Gasteiger charge is 2.26. The Morgan fingerprint density at radius 1 is 1.11 bits per heavy atom. The van der Waals surface area contributed by atoms with Crippen molar-refractivity contribution in [1.82, 2.24) is 15.5 Å². The minimum Gasteiger partial charge on any atom is -0.493 e. The van der Waals surface area contributed by atoms with Gasteiger partial charge in [-0.25, -0.2) is 4.79 Å². The van der Waals surface area contributed by atoms with Crippen LogP contribution in [0.5, 0.6) is 17.2 Å². The molecule has 1 saturated heterocycles. The zero-order chi connectivity index (χ0) is 20.7. The van der Waals surface area contributed by atoms with E-state index in [0.717, 1.165) is 4.90 Å². The molecule has 1 aromatic rings. The van der Waals surface area contributed by atoms with Gasteiger partial charge in [0.15, 0.2) is 18.1 Å². The topological polar surface area (TPSA) is 132 Å². The first-order valence-corrected chi connectivity index (χ1v) is 8.23. The van der Waals surface area contributed by atoms with Crippen LogP contribution in [0, 0.1) is 0 Å². The SMILES string of the molecule is COc1cc(C(=O)NCC(=O)OCC(=O)N2CCNC2=O)cc(OC)c1OC. The molecule has 0 unspecified atom stereocenters. The van der Waals surface area contributed by atoms with E-state index >= 15 is 0 Å². The van der Waals surface area contributed by atoms with Crippen LogP contribution in [-0.2, 0) is 14.3 Å². The van der Waals surface area contributed by atoms with Crippen LogP contribution in [0.2, 0.25) is 0 Å². The second kappa shape index (κ2) is 9.44. The molecule has 0 saturated carbocycles. The molecule has 11 nitrogen and oxygen atoms in total. The highest BCUT2D eigenvalue weighted by atomic mass is 16.5. The van der Waals surface area contributed by atoms with Crippen LogP contribution < -0.4 is 24.8 Å². The van der Waals surface area contributed by atoms with Crippen LogP contribution in [0.4, 0.5) is 4.79 Å². The van der Waals surface area contributed by atoms with Gasteiger partial charge in [0.25, 0.3) is 11.8 Å². The molecular formula is C17H21N3O8. The second-order valence-corrected chi connectivity index (χ2v) is 5.53. The minimum absolute atomic E-state index is 0.173. The average Bonchev–Trinajstić information content (AvgIpc) is 3.14. The van der Waals surface area contributed by atoms with Crippen molar-refractivity contribution in [2.75, 3.05) is 47.6 Å². The van der Waals surface area contributed by atoms with Crippen LogP contribution in [0.15, 0.2) is 12.1 Å². The highest BCUT2D eigenvalue weighted by Crippen LogP contribution is 2.38. The number of amides is 4. The highest BCUT2D eigenvalue weighted by molar-refractivity contribution is 5.98.